The molecule has 0 spiro atoms. The first kappa shape index (κ1) is 19.9. The van der Waals surface area contributed by atoms with Crippen molar-refractivity contribution in [3.63, 3.8) is 0 Å². The third-order valence-corrected chi connectivity index (χ3v) is 4.47. The Hall–Kier alpha value is -3.85. The van der Waals surface area contributed by atoms with E-state index in [1.807, 2.05) is 30.3 Å². The number of hydrogen-bond donors (Lipinski definition) is 0. The zero-order valence-electron chi connectivity index (χ0n) is 16.0. The molecule has 3 aromatic carbocycles. The molecular weight excluding hydrogens is 368 g/mol. The van der Waals surface area contributed by atoms with E-state index in [1.165, 1.54) is 4.90 Å². The second-order valence-corrected chi connectivity index (χ2v) is 6.23. The minimum atomic E-state index is -0.592. The van der Waals surface area contributed by atoms with E-state index in [1.54, 1.807) is 49.6 Å². The standard InChI is InChI=1S/C23H20N2O4/c1-28-21-13-12-20(18-10-5-6-11-19(18)21)23(27)29-16-22(26)25(15-7-14-24)17-8-3-2-4-9-17/h2-6,8-13H,7,15-16H2,1H3. The number of benzene rings is 3. The van der Waals surface area contributed by atoms with Crippen LogP contribution in [0, 0.1) is 11.3 Å². The lowest BCUT2D eigenvalue weighted by Gasteiger charge is -2.21. The van der Waals surface area contributed by atoms with Gasteiger partial charge < -0.3 is 14.4 Å². The van der Waals surface area contributed by atoms with Crippen LogP contribution in [0.5, 0.6) is 5.75 Å². The molecule has 0 N–H and O–H groups in total. The van der Waals surface area contributed by atoms with Crippen molar-refractivity contribution in [1.29, 1.82) is 5.26 Å². The van der Waals surface area contributed by atoms with Gasteiger partial charge in [0.1, 0.15) is 5.75 Å². The number of anilines is 1. The second kappa shape index (κ2) is 9.38. The molecule has 0 aliphatic rings. The Bertz CT molecular complexity index is 1060. The third-order valence-electron chi connectivity index (χ3n) is 4.47. The number of carbonyl (C=O) groups is 2. The molecule has 29 heavy (non-hydrogen) atoms. The summed E-state index contributed by atoms with van der Waals surface area (Å²) < 4.78 is 10.6. The predicted molar refractivity (Wildman–Crippen MR) is 110 cm³/mol. The molecule has 3 rings (SSSR count). The van der Waals surface area contributed by atoms with Gasteiger partial charge in [-0.1, -0.05) is 42.5 Å². The van der Waals surface area contributed by atoms with Gasteiger partial charge in [-0.15, -0.1) is 0 Å². The van der Waals surface area contributed by atoms with Gasteiger partial charge >= 0.3 is 5.97 Å². The molecule has 0 bridgehead atoms. The van der Waals surface area contributed by atoms with E-state index < -0.39 is 18.5 Å². The van der Waals surface area contributed by atoms with Gasteiger partial charge in [-0.2, -0.15) is 5.26 Å². The van der Waals surface area contributed by atoms with Crippen molar-refractivity contribution in [3.05, 3.63) is 72.3 Å². The lowest BCUT2D eigenvalue weighted by Crippen LogP contribution is -2.35. The largest absolute Gasteiger partial charge is 0.496 e. The number of fused-ring (bicyclic) bond motifs is 1. The third kappa shape index (κ3) is 4.53. The highest BCUT2D eigenvalue weighted by atomic mass is 16.5. The van der Waals surface area contributed by atoms with Crippen molar-refractivity contribution in [1.82, 2.24) is 0 Å². The monoisotopic (exact) mass is 388 g/mol. The summed E-state index contributed by atoms with van der Waals surface area (Å²) >= 11 is 0. The highest BCUT2D eigenvalue weighted by Crippen LogP contribution is 2.28. The molecule has 146 valence electrons. The normalized spacial score (nSPS) is 10.2. The molecule has 0 saturated heterocycles. The first-order chi connectivity index (χ1) is 14.2. The molecule has 3 aromatic rings. The molecular formula is C23H20N2O4. The average molecular weight is 388 g/mol. The molecule has 0 saturated carbocycles. The van der Waals surface area contributed by atoms with Crippen LogP contribution in [0.3, 0.4) is 0 Å². The zero-order chi connectivity index (χ0) is 20.6. The maximum Gasteiger partial charge on any atom is 0.339 e. The number of hydrogen-bond acceptors (Lipinski definition) is 5. The molecule has 0 aliphatic carbocycles. The molecule has 0 aliphatic heterocycles. The van der Waals surface area contributed by atoms with Gasteiger partial charge in [0.2, 0.25) is 0 Å². The van der Waals surface area contributed by atoms with Gasteiger partial charge in [-0.05, 0) is 29.7 Å². The number of nitriles is 1. The van der Waals surface area contributed by atoms with Crippen LogP contribution in [0.25, 0.3) is 10.8 Å². The average Bonchev–Trinajstić information content (AvgIpc) is 2.77. The summed E-state index contributed by atoms with van der Waals surface area (Å²) in [6.45, 7) is -0.193. The van der Waals surface area contributed by atoms with Crippen molar-refractivity contribution < 1.29 is 19.1 Å². The van der Waals surface area contributed by atoms with Gasteiger partial charge in [0.05, 0.1) is 25.2 Å². The topological polar surface area (TPSA) is 79.6 Å². The minimum absolute atomic E-state index is 0.178. The number of rotatable bonds is 7. The van der Waals surface area contributed by atoms with E-state index in [0.717, 1.165) is 5.39 Å². The second-order valence-electron chi connectivity index (χ2n) is 6.23. The first-order valence-electron chi connectivity index (χ1n) is 9.11. The van der Waals surface area contributed by atoms with Crippen LogP contribution >= 0.6 is 0 Å². The number of para-hydroxylation sites is 1. The molecule has 0 radical (unpaired) electrons. The fourth-order valence-electron chi connectivity index (χ4n) is 3.08. The Labute approximate surface area is 168 Å². The van der Waals surface area contributed by atoms with E-state index in [0.29, 0.717) is 22.4 Å². The van der Waals surface area contributed by atoms with Crippen LogP contribution in [0.2, 0.25) is 0 Å². The highest BCUT2D eigenvalue weighted by molar-refractivity contribution is 6.07. The Morgan fingerprint density at radius 2 is 1.66 bits per heavy atom. The summed E-state index contributed by atoms with van der Waals surface area (Å²) in [7, 11) is 1.57. The summed E-state index contributed by atoms with van der Waals surface area (Å²) in [6, 6.07) is 21.7. The number of nitrogens with zero attached hydrogens (tertiary/aromatic N) is 2. The summed E-state index contributed by atoms with van der Waals surface area (Å²) in [5, 5.41) is 10.3. The predicted octanol–water partition coefficient (Wildman–Crippen LogP) is 3.95. The zero-order valence-corrected chi connectivity index (χ0v) is 16.0. The van der Waals surface area contributed by atoms with E-state index in [4.69, 9.17) is 14.7 Å². The first-order valence-corrected chi connectivity index (χ1v) is 9.11. The fourth-order valence-corrected chi connectivity index (χ4v) is 3.08. The summed E-state index contributed by atoms with van der Waals surface area (Å²) in [5.74, 6) is -0.330. The van der Waals surface area contributed by atoms with Gasteiger partial charge in [0.15, 0.2) is 6.61 Å². The Kier molecular flexibility index (Phi) is 6.43. The lowest BCUT2D eigenvalue weighted by atomic mass is 10.0. The van der Waals surface area contributed by atoms with E-state index in [9.17, 15) is 9.59 Å². The molecule has 0 fully saturated rings. The van der Waals surface area contributed by atoms with Crippen molar-refractivity contribution in [2.75, 3.05) is 25.2 Å². The molecule has 0 heterocycles. The molecule has 0 unspecified atom stereocenters. The number of esters is 1. The smallest absolute Gasteiger partial charge is 0.339 e. The van der Waals surface area contributed by atoms with E-state index in [2.05, 4.69) is 0 Å². The van der Waals surface area contributed by atoms with Crippen LogP contribution in [0.4, 0.5) is 5.69 Å². The Morgan fingerprint density at radius 3 is 2.34 bits per heavy atom. The fraction of sp³-hybridized carbons (Fsp3) is 0.174. The molecule has 0 aromatic heterocycles. The Morgan fingerprint density at radius 1 is 0.966 bits per heavy atom. The Balaban J connectivity index is 1.77. The van der Waals surface area contributed by atoms with Crippen LogP contribution in [-0.2, 0) is 9.53 Å². The van der Waals surface area contributed by atoms with Crippen LogP contribution < -0.4 is 9.64 Å². The molecule has 6 heteroatoms. The molecule has 6 nitrogen and oxygen atoms in total. The number of carbonyl (C=O) groups excluding carboxylic acids is 2. The van der Waals surface area contributed by atoms with Crippen molar-refractivity contribution in [3.8, 4) is 11.8 Å². The number of ether oxygens (including phenoxy) is 2. The number of methoxy groups -OCH3 is 1. The van der Waals surface area contributed by atoms with Crippen molar-refractivity contribution in [2.45, 2.75) is 6.42 Å². The summed E-state index contributed by atoms with van der Waals surface area (Å²) in [6.07, 6.45) is 0.178. The highest BCUT2D eigenvalue weighted by Gasteiger charge is 2.19. The van der Waals surface area contributed by atoms with Gasteiger partial charge in [0, 0.05) is 17.6 Å². The lowest BCUT2D eigenvalue weighted by molar-refractivity contribution is -0.121. The van der Waals surface area contributed by atoms with Crippen LogP contribution in [0.1, 0.15) is 16.8 Å². The van der Waals surface area contributed by atoms with Crippen molar-refractivity contribution >= 4 is 28.3 Å². The van der Waals surface area contributed by atoms with Gasteiger partial charge in [-0.25, -0.2) is 4.79 Å². The minimum Gasteiger partial charge on any atom is -0.496 e. The number of amides is 1. The van der Waals surface area contributed by atoms with Gasteiger partial charge in [-0.3, -0.25) is 4.79 Å². The quantitative estimate of drug-likeness (QED) is 0.573. The van der Waals surface area contributed by atoms with Gasteiger partial charge in [0.25, 0.3) is 5.91 Å². The molecule has 1 amide bonds. The maximum absolute atomic E-state index is 12.7. The maximum atomic E-state index is 12.7. The van der Waals surface area contributed by atoms with Crippen molar-refractivity contribution in [2.24, 2.45) is 0 Å². The summed E-state index contributed by atoms with van der Waals surface area (Å²) in [4.78, 5) is 26.8. The van der Waals surface area contributed by atoms with Crippen LogP contribution in [0.15, 0.2) is 66.7 Å². The SMILES string of the molecule is COc1ccc(C(=O)OCC(=O)N(CCC#N)c2ccccc2)c2ccccc12. The van der Waals surface area contributed by atoms with E-state index in [-0.39, 0.29) is 13.0 Å². The van der Waals surface area contributed by atoms with Crippen LogP contribution in [-0.4, -0.2) is 32.1 Å². The molecule has 0 atom stereocenters. The van der Waals surface area contributed by atoms with E-state index >= 15 is 0 Å². The summed E-state index contributed by atoms with van der Waals surface area (Å²) in [5.41, 5.74) is 1.01.